The van der Waals surface area contributed by atoms with Crippen LogP contribution in [0.3, 0.4) is 0 Å². The van der Waals surface area contributed by atoms with E-state index < -0.39 is 9.52 Å². The third-order valence-corrected chi connectivity index (χ3v) is 6.82. The van der Waals surface area contributed by atoms with E-state index in [1.807, 2.05) is 12.5 Å². The van der Waals surface area contributed by atoms with Crippen LogP contribution in [0.2, 0.25) is 0 Å². The van der Waals surface area contributed by atoms with E-state index in [0.717, 1.165) is 6.42 Å². The number of aromatic nitrogens is 2. The first kappa shape index (κ1) is 16.5. The minimum Gasteiger partial charge on any atom is -0.326 e. The summed E-state index contributed by atoms with van der Waals surface area (Å²) in [5, 5.41) is -0.136. The minimum atomic E-state index is -0.625. The van der Waals surface area contributed by atoms with E-state index in [1.54, 1.807) is 0 Å². The molecule has 0 saturated heterocycles. The molecule has 0 fully saturated rings. The third kappa shape index (κ3) is 3.26. The third-order valence-electron chi connectivity index (χ3n) is 4.48. The molecule has 1 aromatic heterocycles. The number of rotatable bonds is 7. The highest BCUT2D eigenvalue weighted by atomic mass is 28.2. The van der Waals surface area contributed by atoms with Gasteiger partial charge in [-0.05, 0) is 17.5 Å². The Labute approximate surface area is 146 Å². The number of imidazole rings is 1. The second kappa shape index (κ2) is 7.93. The number of unbranched alkanes of at least 4 members (excludes halogenated alkanes) is 1. The molecule has 2 nitrogen and oxygen atoms in total. The highest BCUT2D eigenvalue weighted by molar-refractivity contribution is 6.47. The van der Waals surface area contributed by atoms with Crippen molar-refractivity contribution >= 4 is 9.52 Å². The molecule has 3 rings (SSSR count). The zero-order chi connectivity index (χ0) is 16.7. The lowest BCUT2D eigenvalue weighted by Crippen LogP contribution is -2.41. The topological polar surface area (TPSA) is 17.8 Å². The standard InChI is InChI=1S/C21H24N2Si/c1-2-3-10-17-24-21(23-16-15-22-18-23,19-11-6-4-7-12-19)20-13-8-5-9-14-20/h4-18H,2-3,24H2,1H3. The van der Waals surface area contributed by atoms with Crippen LogP contribution < -0.4 is 0 Å². The van der Waals surface area contributed by atoms with Crippen LogP contribution in [0.15, 0.2) is 91.2 Å². The van der Waals surface area contributed by atoms with E-state index in [1.165, 1.54) is 17.5 Å². The molecule has 1 heterocycles. The fourth-order valence-electron chi connectivity index (χ4n) is 3.26. The van der Waals surface area contributed by atoms with Crippen molar-refractivity contribution in [2.24, 2.45) is 0 Å². The van der Waals surface area contributed by atoms with Gasteiger partial charge in [0.1, 0.15) is 0 Å². The zero-order valence-electron chi connectivity index (χ0n) is 14.2. The average Bonchev–Trinajstić information content (AvgIpc) is 3.19. The van der Waals surface area contributed by atoms with Gasteiger partial charge < -0.3 is 4.57 Å². The van der Waals surface area contributed by atoms with Crippen LogP contribution in [0.5, 0.6) is 0 Å². The van der Waals surface area contributed by atoms with Crippen molar-refractivity contribution in [2.75, 3.05) is 0 Å². The van der Waals surface area contributed by atoms with Crippen molar-refractivity contribution in [3.05, 3.63) is 102 Å². The molecule has 2 aromatic carbocycles. The van der Waals surface area contributed by atoms with Gasteiger partial charge in [-0.2, -0.15) is 0 Å². The number of allylic oxidation sites excluding steroid dienone is 1. The van der Waals surface area contributed by atoms with Crippen molar-refractivity contribution in [1.29, 1.82) is 0 Å². The SMILES string of the molecule is CCCC=C[SiH2]C(c1ccccc1)(c1ccccc1)n1ccnc1. The van der Waals surface area contributed by atoms with E-state index in [9.17, 15) is 0 Å². The maximum atomic E-state index is 4.34. The van der Waals surface area contributed by atoms with Crippen LogP contribution in [-0.4, -0.2) is 19.1 Å². The molecule has 0 saturated carbocycles. The molecule has 24 heavy (non-hydrogen) atoms. The van der Waals surface area contributed by atoms with Crippen molar-refractivity contribution in [1.82, 2.24) is 9.55 Å². The van der Waals surface area contributed by atoms with Gasteiger partial charge in [-0.15, -0.1) is 5.70 Å². The van der Waals surface area contributed by atoms with Crippen molar-refractivity contribution in [3.63, 3.8) is 0 Å². The molecule has 0 atom stereocenters. The lowest BCUT2D eigenvalue weighted by atomic mass is 9.97. The van der Waals surface area contributed by atoms with Crippen LogP contribution in [0.4, 0.5) is 0 Å². The summed E-state index contributed by atoms with van der Waals surface area (Å²) in [6, 6.07) is 21.7. The van der Waals surface area contributed by atoms with Gasteiger partial charge in [0.25, 0.3) is 0 Å². The molecule has 122 valence electrons. The molecular weight excluding hydrogens is 308 g/mol. The molecule has 3 heteroatoms. The monoisotopic (exact) mass is 332 g/mol. The summed E-state index contributed by atoms with van der Waals surface area (Å²) < 4.78 is 2.29. The van der Waals surface area contributed by atoms with E-state index >= 15 is 0 Å². The van der Waals surface area contributed by atoms with Crippen molar-refractivity contribution in [2.45, 2.75) is 24.9 Å². The van der Waals surface area contributed by atoms with Gasteiger partial charge in [0.15, 0.2) is 0 Å². The Bertz CT molecular complexity index is 710. The van der Waals surface area contributed by atoms with E-state index in [-0.39, 0.29) is 5.16 Å². The summed E-state index contributed by atoms with van der Waals surface area (Å²) in [6.07, 6.45) is 10.6. The largest absolute Gasteiger partial charge is 0.326 e. The van der Waals surface area contributed by atoms with Gasteiger partial charge in [-0.1, -0.05) is 80.1 Å². The van der Waals surface area contributed by atoms with Gasteiger partial charge in [0.05, 0.1) is 21.0 Å². The van der Waals surface area contributed by atoms with Crippen LogP contribution in [0, 0.1) is 0 Å². The molecule has 0 amide bonds. The molecule has 0 aliphatic carbocycles. The van der Waals surface area contributed by atoms with Crippen LogP contribution in [0.25, 0.3) is 0 Å². The first-order valence-corrected chi connectivity index (χ1v) is 10.1. The van der Waals surface area contributed by atoms with Crippen LogP contribution in [-0.2, 0) is 5.16 Å². The number of nitrogens with zero attached hydrogens (tertiary/aromatic N) is 2. The first-order chi connectivity index (χ1) is 11.9. The van der Waals surface area contributed by atoms with Crippen LogP contribution in [0.1, 0.15) is 30.9 Å². The Morgan fingerprint density at radius 2 is 1.62 bits per heavy atom. The predicted octanol–water partition coefficient (Wildman–Crippen LogP) is 4.12. The summed E-state index contributed by atoms with van der Waals surface area (Å²) in [4.78, 5) is 4.34. The summed E-state index contributed by atoms with van der Waals surface area (Å²) in [5.74, 6) is 0. The average molecular weight is 333 g/mol. The molecular formula is C21H24N2Si. The number of hydrogen-bond acceptors (Lipinski definition) is 1. The Hall–Kier alpha value is -2.39. The normalized spacial score (nSPS) is 12.4. The maximum absolute atomic E-state index is 4.34. The zero-order valence-corrected chi connectivity index (χ0v) is 15.6. The molecule has 0 N–H and O–H groups in total. The fourth-order valence-corrected chi connectivity index (χ4v) is 5.34. The smallest absolute Gasteiger partial charge is 0.0954 e. The lowest BCUT2D eigenvalue weighted by molar-refractivity contribution is 0.596. The molecule has 0 radical (unpaired) electrons. The van der Waals surface area contributed by atoms with Crippen LogP contribution >= 0.6 is 0 Å². The fraction of sp³-hybridized carbons (Fsp3) is 0.190. The van der Waals surface area contributed by atoms with Gasteiger partial charge >= 0.3 is 0 Å². The Balaban J connectivity index is 2.17. The van der Waals surface area contributed by atoms with Crippen molar-refractivity contribution in [3.8, 4) is 0 Å². The van der Waals surface area contributed by atoms with Gasteiger partial charge in [-0.25, -0.2) is 4.98 Å². The summed E-state index contributed by atoms with van der Waals surface area (Å²) in [6.45, 7) is 2.23. The van der Waals surface area contributed by atoms with Gasteiger partial charge in [0, 0.05) is 12.4 Å². The van der Waals surface area contributed by atoms with E-state index in [0.29, 0.717) is 0 Å². The summed E-state index contributed by atoms with van der Waals surface area (Å²) >= 11 is 0. The molecule has 3 aromatic rings. The molecule has 0 bridgehead atoms. The first-order valence-electron chi connectivity index (χ1n) is 8.62. The Morgan fingerprint density at radius 1 is 1.00 bits per heavy atom. The summed E-state index contributed by atoms with van der Waals surface area (Å²) in [5.41, 5.74) is 5.12. The highest BCUT2D eigenvalue weighted by Gasteiger charge is 2.34. The molecule has 0 spiro atoms. The minimum absolute atomic E-state index is 0.136. The van der Waals surface area contributed by atoms with E-state index in [4.69, 9.17) is 0 Å². The van der Waals surface area contributed by atoms with Crippen molar-refractivity contribution < 1.29 is 0 Å². The molecule has 0 unspecified atom stereocenters. The van der Waals surface area contributed by atoms with Gasteiger partial charge in [0.2, 0.25) is 0 Å². The Kier molecular flexibility index (Phi) is 5.44. The number of benzene rings is 2. The second-order valence-corrected chi connectivity index (χ2v) is 7.93. The summed E-state index contributed by atoms with van der Waals surface area (Å²) in [7, 11) is -0.625. The highest BCUT2D eigenvalue weighted by Crippen LogP contribution is 2.33. The molecule has 0 aliphatic rings. The number of hydrogen-bond donors (Lipinski definition) is 0. The second-order valence-electron chi connectivity index (χ2n) is 6.03. The predicted molar refractivity (Wildman–Crippen MR) is 104 cm³/mol. The Morgan fingerprint density at radius 3 is 2.12 bits per heavy atom. The quantitative estimate of drug-likeness (QED) is 0.595. The lowest BCUT2D eigenvalue weighted by Gasteiger charge is -2.36. The van der Waals surface area contributed by atoms with E-state index in [2.05, 4.69) is 95.1 Å². The maximum Gasteiger partial charge on any atom is 0.0954 e. The molecule has 0 aliphatic heterocycles. The van der Waals surface area contributed by atoms with Gasteiger partial charge in [-0.3, -0.25) is 0 Å².